The predicted octanol–water partition coefficient (Wildman–Crippen LogP) is 2.42. The molecule has 0 saturated carbocycles. The summed E-state index contributed by atoms with van der Waals surface area (Å²) in [5.74, 6) is 0.0451. The summed E-state index contributed by atoms with van der Waals surface area (Å²) in [7, 11) is 0. The van der Waals surface area contributed by atoms with Crippen LogP contribution in [0.2, 0.25) is 0 Å². The van der Waals surface area contributed by atoms with Crippen LogP contribution in [0.15, 0.2) is 41.5 Å². The van der Waals surface area contributed by atoms with E-state index in [1.807, 2.05) is 34.9 Å². The van der Waals surface area contributed by atoms with Crippen LogP contribution in [0.4, 0.5) is 0 Å². The molecule has 0 unspecified atom stereocenters. The van der Waals surface area contributed by atoms with E-state index in [0.29, 0.717) is 43.1 Å². The number of carbonyl (C=O) groups is 1. The van der Waals surface area contributed by atoms with Crippen LogP contribution in [0, 0.1) is 0 Å². The van der Waals surface area contributed by atoms with E-state index in [1.54, 1.807) is 10.8 Å². The quantitative estimate of drug-likeness (QED) is 0.667. The number of hydrogen-bond acceptors (Lipinski definition) is 4. The average Bonchev–Trinajstić information content (AvgIpc) is 3.22. The summed E-state index contributed by atoms with van der Waals surface area (Å²) in [5, 5.41) is 3.03. The zero-order valence-electron chi connectivity index (χ0n) is 17.0. The van der Waals surface area contributed by atoms with Crippen molar-refractivity contribution in [3.8, 4) is 0 Å². The lowest BCUT2D eigenvalue weighted by Gasteiger charge is -2.33. The maximum Gasteiger partial charge on any atom is 0.276 e. The monoisotopic (exact) mass is 395 g/mol. The number of pyridine rings is 1. The summed E-state index contributed by atoms with van der Waals surface area (Å²) in [6.07, 6.45) is 8.39. The van der Waals surface area contributed by atoms with Gasteiger partial charge in [0.25, 0.3) is 5.56 Å². The first-order valence-corrected chi connectivity index (χ1v) is 10.6. The van der Waals surface area contributed by atoms with Crippen LogP contribution >= 0.6 is 0 Å². The third-order valence-corrected chi connectivity index (χ3v) is 5.94. The number of amides is 1. The number of aromatic nitrogens is 3. The van der Waals surface area contributed by atoms with Crippen LogP contribution in [-0.4, -0.2) is 50.4 Å². The molecule has 4 rings (SSSR count). The lowest BCUT2D eigenvalue weighted by Crippen LogP contribution is -2.42. The second kappa shape index (κ2) is 8.78. The van der Waals surface area contributed by atoms with Gasteiger partial charge in [-0.25, -0.2) is 4.98 Å². The second-order valence-electron chi connectivity index (χ2n) is 7.90. The number of fused-ring (bicyclic) bond motifs is 3. The average molecular weight is 396 g/mol. The molecule has 3 aromatic rings. The molecule has 0 bridgehead atoms. The molecule has 0 radical (unpaired) electrons. The van der Waals surface area contributed by atoms with Gasteiger partial charge in [0, 0.05) is 44.5 Å². The number of piperidine rings is 1. The first kappa shape index (κ1) is 19.6. The van der Waals surface area contributed by atoms with Crippen LogP contribution in [0.5, 0.6) is 0 Å². The predicted molar refractivity (Wildman–Crippen MR) is 114 cm³/mol. The van der Waals surface area contributed by atoms with Crippen LogP contribution in [0.25, 0.3) is 16.7 Å². The summed E-state index contributed by atoms with van der Waals surface area (Å²) in [5.41, 5.74) is 2.11. The van der Waals surface area contributed by atoms with Crippen molar-refractivity contribution in [1.82, 2.24) is 24.2 Å². The maximum absolute atomic E-state index is 12.9. The zero-order chi connectivity index (χ0) is 20.2. The van der Waals surface area contributed by atoms with Gasteiger partial charge in [0.05, 0.1) is 5.52 Å². The largest absolute Gasteiger partial charge is 0.355 e. The molecule has 29 heavy (non-hydrogen) atoms. The minimum absolute atomic E-state index is 0.0451. The maximum atomic E-state index is 12.9. The molecule has 7 heteroatoms. The van der Waals surface area contributed by atoms with Crippen molar-refractivity contribution in [2.24, 2.45) is 0 Å². The standard InChI is InChI=1S/C22H29N5O2/c1-17-7-2-3-13-25(17)16-12-23-20(28)10-6-15-27-21-18(8-4-11-24-21)26-14-5-9-19(26)22(27)29/h4-5,8-9,11,14,17H,2-3,6-7,10,12-13,15-16H2,1H3,(H,23,28)/t17-/m0/s1. The Kier molecular flexibility index (Phi) is 5.94. The molecular formula is C22H29N5O2. The van der Waals surface area contributed by atoms with E-state index in [0.717, 1.165) is 18.6 Å². The van der Waals surface area contributed by atoms with E-state index in [4.69, 9.17) is 0 Å². The number of aryl methyl sites for hydroxylation is 1. The van der Waals surface area contributed by atoms with E-state index in [2.05, 4.69) is 22.1 Å². The Bertz CT molecular complexity index is 1050. The molecule has 7 nitrogen and oxygen atoms in total. The summed E-state index contributed by atoms with van der Waals surface area (Å²) in [4.78, 5) is 32.0. The number of carbonyl (C=O) groups excluding carboxylic acids is 1. The number of nitrogens with one attached hydrogen (secondary N) is 1. The molecule has 0 spiro atoms. The fourth-order valence-electron chi connectivity index (χ4n) is 4.31. The summed E-state index contributed by atoms with van der Waals surface area (Å²) < 4.78 is 3.56. The van der Waals surface area contributed by atoms with Gasteiger partial charge < -0.3 is 9.72 Å². The second-order valence-corrected chi connectivity index (χ2v) is 7.90. The summed E-state index contributed by atoms with van der Waals surface area (Å²) in [6, 6.07) is 8.12. The molecule has 1 atom stereocenters. The van der Waals surface area contributed by atoms with Crippen molar-refractivity contribution in [1.29, 1.82) is 0 Å². The molecule has 1 N–H and O–H groups in total. The fourth-order valence-corrected chi connectivity index (χ4v) is 4.31. The normalized spacial score (nSPS) is 17.8. The van der Waals surface area contributed by atoms with E-state index in [-0.39, 0.29) is 11.5 Å². The van der Waals surface area contributed by atoms with Crippen molar-refractivity contribution >= 4 is 22.6 Å². The van der Waals surface area contributed by atoms with E-state index in [9.17, 15) is 9.59 Å². The first-order chi connectivity index (χ1) is 14.1. The van der Waals surface area contributed by atoms with Crippen molar-refractivity contribution < 1.29 is 4.79 Å². The number of rotatable bonds is 7. The number of hydrogen-bond donors (Lipinski definition) is 1. The lowest BCUT2D eigenvalue weighted by atomic mass is 10.0. The zero-order valence-corrected chi connectivity index (χ0v) is 17.0. The highest BCUT2D eigenvalue weighted by Crippen LogP contribution is 2.15. The Morgan fingerprint density at radius 1 is 1.21 bits per heavy atom. The molecule has 0 aliphatic carbocycles. The molecule has 1 amide bonds. The molecule has 1 aliphatic rings. The van der Waals surface area contributed by atoms with Gasteiger partial charge >= 0.3 is 0 Å². The smallest absolute Gasteiger partial charge is 0.276 e. The van der Waals surface area contributed by atoms with Crippen LogP contribution < -0.4 is 10.9 Å². The van der Waals surface area contributed by atoms with Crippen LogP contribution in [-0.2, 0) is 11.3 Å². The van der Waals surface area contributed by atoms with Gasteiger partial charge in [0.15, 0.2) is 5.65 Å². The number of likely N-dealkylation sites (tertiary alicyclic amines) is 1. The molecular weight excluding hydrogens is 366 g/mol. The SMILES string of the molecule is C[C@H]1CCCCN1CCNC(=O)CCCn1c(=O)c2cccn2c2cccnc21. The van der Waals surface area contributed by atoms with Gasteiger partial charge in [-0.1, -0.05) is 6.42 Å². The van der Waals surface area contributed by atoms with Crippen molar-refractivity contribution in [2.75, 3.05) is 19.6 Å². The van der Waals surface area contributed by atoms with E-state index < -0.39 is 0 Å². The van der Waals surface area contributed by atoms with Crippen LogP contribution in [0.3, 0.4) is 0 Å². The van der Waals surface area contributed by atoms with Crippen molar-refractivity contribution in [3.63, 3.8) is 0 Å². The van der Waals surface area contributed by atoms with Gasteiger partial charge in [0.1, 0.15) is 5.52 Å². The third kappa shape index (κ3) is 4.19. The van der Waals surface area contributed by atoms with Gasteiger partial charge in [-0.2, -0.15) is 0 Å². The lowest BCUT2D eigenvalue weighted by molar-refractivity contribution is -0.121. The minimum atomic E-state index is -0.0688. The Hall–Kier alpha value is -2.67. The molecule has 1 aliphatic heterocycles. The molecule has 3 aromatic heterocycles. The Balaban J connectivity index is 1.34. The minimum Gasteiger partial charge on any atom is -0.355 e. The van der Waals surface area contributed by atoms with Gasteiger partial charge in [-0.05, 0) is 57.0 Å². The fraction of sp³-hybridized carbons (Fsp3) is 0.500. The molecule has 1 saturated heterocycles. The Morgan fingerprint density at radius 2 is 2.07 bits per heavy atom. The highest BCUT2D eigenvalue weighted by atomic mass is 16.1. The summed E-state index contributed by atoms with van der Waals surface area (Å²) in [6.45, 7) is 5.46. The highest BCUT2D eigenvalue weighted by molar-refractivity contribution is 5.76. The van der Waals surface area contributed by atoms with E-state index in [1.165, 1.54) is 19.3 Å². The van der Waals surface area contributed by atoms with Gasteiger partial charge in [-0.3, -0.25) is 19.1 Å². The highest BCUT2D eigenvalue weighted by Gasteiger charge is 2.17. The molecule has 1 fully saturated rings. The Labute approximate surface area is 170 Å². The van der Waals surface area contributed by atoms with Gasteiger partial charge in [-0.15, -0.1) is 0 Å². The molecule has 154 valence electrons. The topological polar surface area (TPSA) is 71.6 Å². The third-order valence-electron chi connectivity index (χ3n) is 5.94. The summed E-state index contributed by atoms with van der Waals surface area (Å²) >= 11 is 0. The number of nitrogens with zero attached hydrogens (tertiary/aromatic N) is 4. The first-order valence-electron chi connectivity index (χ1n) is 10.6. The Morgan fingerprint density at radius 3 is 2.93 bits per heavy atom. The van der Waals surface area contributed by atoms with Gasteiger partial charge in [0.2, 0.25) is 5.91 Å². The molecule has 0 aromatic carbocycles. The molecule has 4 heterocycles. The van der Waals surface area contributed by atoms with Crippen molar-refractivity contribution in [3.05, 3.63) is 47.0 Å². The van der Waals surface area contributed by atoms with Crippen LogP contribution in [0.1, 0.15) is 39.0 Å². The van der Waals surface area contributed by atoms with Crippen molar-refractivity contribution in [2.45, 2.75) is 51.6 Å². The van der Waals surface area contributed by atoms with E-state index >= 15 is 0 Å².